The molecular formula is C14H24N2O2. The van der Waals surface area contributed by atoms with Crippen molar-refractivity contribution in [1.29, 1.82) is 0 Å². The summed E-state index contributed by atoms with van der Waals surface area (Å²) in [6.07, 6.45) is 2.97. The van der Waals surface area contributed by atoms with Gasteiger partial charge in [0.15, 0.2) is 6.04 Å². The minimum absolute atomic E-state index is 0.0985. The van der Waals surface area contributed by atoms with Crippen molar-refractivity contribution in [2.45, 2.75) is 65.5 Å². The number of ether oxygens (including phenoxy) is 1. The van der Waals surface area contributed by atoms with E-state index in [4.69, 9.17) is 4.74 Å². The lowest BCUT2D eigenvalue weighted by molar-refractivity contribution is -0.144. The van der Waals surface area contributed by atoms with E-state index in [2.05, 4.69) is 37.9 Å². The number of nitrogens with zero attached hydrogens (tertiary/aromatic N) is 2. The molecule has 4 heteroatoms. The maximum Gasteiger partial charge on any atom is 0.332 e. The highest BCUT2D eigenvalue weighted by molar-refractivity contribution is 5.76. The summed E-state index contributed by atoms with van der Waals surface area (Å²) < 4.78 is 5.07. The maximum atomic E-state index is 11.8. The molecule has 102 valence electrons. The van der Waals surface area contributed by atoms with Crippen LogP contribution in [0.5, 0.6) is 0 Å². The van der Waals surface area contributed by atoms with Crippen molar-refractivity contribution in [2.75, 3.05) is 6.61 Å². The van der Waals surface area contributed by atoms with Gasteiger partial charge in [-0.25, -0.2) is 4.79 Å². The van der Waals surface area contributed by atoms with Crippen LogP contribution in [-0.2, 0) is 9.53 Å². The van der Waals surface area contributed by atoms with E-state index < -0.39 is 6.04 Å². The molecule has 1 saturated carbocycles. The molecule has 0 aromatic rings. The van der Waals surface area contributed by atoms with Crippen molar-refractivity contribution >= 4 is 5.97 Å². The lowest BCUT2D eigenvalue weighted by Crippen LogP contribution is -2.48. The van der Waals surface area contributed by atoms with Crippen LogP contribution in [0.2, 0.25) is 0 Å². The third kappa shape index (κ3) is 1.69. The van der Waals surface area contributed by atoms with Crippen LogP contribution in [-0.4, -0.2) is 24.2 Å². The Morgan fingerprint density at radius 1 is 1.22 bits per heavy atom. The van der Waals surface area contributed by atoms with Crippen molar-refractivity contribution in [3.05, 3.63) is 0 Å². The second-order valence-electron chi connectivity index (χ2n) is 6.82. The minimum Gasteiger partial charge on any atom is -0.464 e. The molecule has 0 radical (unpaired) electrons. The molecule has 2 aliphatic rings. The zero-order valence-electron chi connectivity index (χ0n) is 12.1. The Morgan fingerprint density at radius 2 is 1.78 bits per heavy atom. The zero-order chi connectivity index (χ0) is 13.6. The van der Waals surface area contributed by atoms with Gasteiger partial charge in [0.1, 0.15) is 0 Å². The number of azo groups is 1. The SMILES string of the molecule is CCOC(=O)C1CC2(N=N1)C(C)(C)CCC2(C)C. The van der Waals surface area contributed by atoms with E-state index in [1.54, 1.807) is 0 Å². The fourth-order valence-corrected chi connectivity index (χ4v) is 3.68. The van der Waals surface area contributed by atoms with Gasteiger partial charge in [-0.15, -0.1) is 0 Å². The first-order valence-corrected chi connectivity index (χ1v) is 6.84. The topological polar surface area (TPSA) is 51.0 Å². The predicted molar refractivity (Wildman–Crippen MR) is 69.4 cm³/mol. The first-order valence-electron chi connectivity index (χ1n) is 6.84. The third-order valence-electron chi connectivity index (χ3n) is 5.03. The lowest BCUT2D eigenvalue weighted by atomic mass is 9.63. The fraction of sp³-hybridized carbons (Fsp3) is 0.929. The quantitative estimate of drug-likeness (QED) is 0.707. The van der Waals surface area contributed by atoms with E-state index in [9.17, 15) is 4.79 Å². The summed E-state index contributed by atoms with van der Waals surface area (Å²) >= 11 is 0. The largest absolute Gasteiger partial charge is 0.464 e. The van der Waals surface area contributed by atoms with E-state index in [1.807, 2.05) is 6.92 Å². The molecule has 4 nitrogen and oxygen atoms in total. The summed E-state index contributed by atoms with van der Waals surface area (Å²) in [5, 5.41) is 8.81. The van der Waals surface area contributed by atoms with E-state index in [0.29, 0.717) is 13.0 Å². The summed E-state index contributed by atoms with van der Waals surface area (Å²) in [4.78, 5) is 11.8. The van der Waals surface area contributed by atoms with Crippen molar-refractivity contribution in [2.24, 2.45) is 21.1 Å². The Labute approximate surface area is 109 Å². The number of hydrogen-bond donors (Lipinski definition) is 0. The highest BCUT2D eigenvalue weighted by Gasteiger charge is 2.63. The molecule has 1 aliphatic heterocycles. The van der Waals surface area contributed by atoms with Crippen LogP contribution in [0.1, 0.15) is 53.9 Å². The average molecular weight is 252 g/mol. The molecule has 0 aromatic heterocycles. The molecule has 1 spiro atoms. The number of carbonyl (C=O) groups is 1. The van der Waals surface area contributed by atoms with Gasteiger partial charge in [0, 0.05) is 6.42 Å². The molecule has 0 saturated heterocycles. The standard InChI is InChI=1S/C14H24N2O2/c1-6-18-11(17)10-9-14(16-15-10)12(2,3)7-8-13(14,4)5/h10H,6-9H2,1-5H3. The Balaban J connectivity index is 2.25. The minimum atomic E-state index is -0.401. The Hall–Kier alpha value is -0.930. The Kier molecular flexibility index (Phi) is 3.03. The average Bonchev–Trinajstić information content (AvgIpc) is 2.79. The van der Waals surface area contributed by atoms with Crippen molar-refractivity contribution < 1.29 is 9.53 Å². The van der Waals surface area contributed by atoms with Crippen LogP contribution in [0.4, 0.5) is 0 Å². The smallest absolute Gasteiger partial charge is 0.332 e. The summed E-state index contributed by atoms with van der Waals surface area (Å²) in [6.45, 7) is 11.2. The van der Waals surface area contributed by atoms with Gasteiger partial charge in [0.25, 0.3) is 0 Å². The van der Waals surface area contributed by atoms with E-state index in [1.165, 1.54) is 0 Å². The van der Waals surface area contributed by atoms with Gasteiger partial charge in [0.2, 0.25) is 0 Å². The monoisotopic (exact) mass is 252 g/mol. The van der Waals surface area contributed by atoms with Crippen LogP contribution in [0.3, 0.4) is 0 Å². The van der Waals surface area contributed by atoms with Crippen molar-refractivity contribution in [1.82, 2.24) is 0 Å². The molecule has 0 amide bonds. The molecule has 1 atom stereocenters. The first-order chi connectivity index (χ1) is 8.26. The molecule has 1 unspecified atom stereocenters. The van der Waals surface area contributed by atoms with Crippen LogP contribution < -0.4 is 0 Å². The van der Waals surface area contributed by atoms with Crippen LogP contribution in [0.15, 0.2) is 10.2 Å². The lowest BCUT2D eigenvalue weighted by Gasteiger charge is -2.43. The summed E-state index contributed by atoms with van der Waals surface area (Å²) in [5.41, 5.74) is -0.0140. The predicted octanol–water partition coefficient (Wildman–Crippen LogP) is 3.36. The fourth-order valence-electron chi connectivity index (χ4n) is 3.68. The molecule has 1 fully saturated rings. The molecule has 1 aliphatic carbocycles. The first kappa shape index (κ1) is 13.5. The van der Waals surface area contributed by atoms with Crippen LogP contribution in [0, 0.1) is 10.8 Å². The van der Waals surface area contributed by atoms with E-state index in [-0.39, 0.29) is 22.3 Å². The van der Waals surface area contributed by atoms with Gasteiger partial charge in [-0.05, 0) is 30.6 Å². The zero-order valence-corrected chi connectivity index (χ0v) is 12.1. The van der Waals surface area contributed by atoms with Gasteiger partial charge >= 0.3 is 5.97 Å². The summed E-state index contributed by atoms with van der Waals surface area (Å²) in [5.74, 6) is -0.225. The van der Waals surface area contributed by atoms with Gasteiger partial charge in [-0.3, -0.25) is 0 Å². The number of rotatable bonds is 2. The van der Waals surface area contributed by atoms with Crippen molar-refractivity contribution in [3.63, 3.8) is 0 Å². The molecule has 2 rings (SSSR count). The van der Waals surface area contributed by atoms with Crippen LogP contribution in [0.25, 0.3) is 0 Å². The van der Waals surface area contributed by atoms with Gasteiger partial charge in [-0.2, -0.15) is 10.2 Å². The second kappa shape index (κ2) is 4.04. The number of hydrogen-bond acceptors (Lipinski definition) is 4. The van der Waals surface area contributed by atoms with Gasteiger partial charge < -0.3 is 4.74 Å². The number of carbonyl (C=O) groups excluding carboxylic acids is 1. The van der Waals surface area contributed by atoms with Gasteiger partial charge in [-0.1, -0.05) is 27.7 Å². The molecule has 0 bridgehead atoms. The van der Waals surface area contributed by atoms with E-state index in [0.717, 1.165) is 12.8 Å². The third-order valence-corrected chi connectivity index (χ3v) is 5.03. The summed E-state index contributed by atoms with van der Waals surface area (Å²) in [7, 11) is 0. The molecular weight excluding hydrogens is 228 g/mol. The molecule has 1 heterocycles. The Bertz CT molecular complexity index is 369. The highest BCUT2D eigenvalue weighted by Crippen LogP contribution is 2.62. The second-order valence-corrected chi connectivity index (χ2v) is 6.82. The molecule has 18 heavy (non-hydrogen) atoms. The van der Waals surface area contributed by atoms with E-state index >= 15 is 0 Å². The molecule has 0 aromatic carbocycles. The molecule has 0 N–H and O–H groups in total. The van der Waals surface area contributed by atoms with Crippen LogP contribution >= 0.6 is 0 Å². The summed E-state index contributed by atoms with van der Waals surface area (Å²) in [6, 6.07) is -0.401. The number of esters is 1. The maximum absolute atomic E-state index is 11.8. The normalized spacial score (nSPS) is 30.8. The van der Waals surface area contributed by atoms with Gasteiger partial charge in [0.05, 0.1) is 12.1 Å². The van der Waals surface area contributed by atoms with Crippen molar-refractivity contribution in [3.8, 4) is 0 Å². The Morgan fingerprint density at radius 3 is 2.28 bits per heavy atom. The highest BCUT2D eigenvalue weighted by atomic mass is 16.5.